The van der Waals surface area contributed by atoms with Gasteiger partial charge in [-0.15, -0.1) is 0 Å². The van der Waals surface area contributed by atoms with Gasteiger partial charge in [-0.3, -0.25) is 8.97 Å². The quantitative estimate of drug-likeness (QED) is 0.193. The largest absolute Gasteiger partial charge is 0.289 e. The van der Waals surface area contributed by atoms with Crippen molar-refractivity contribution in [2.24, 2.45) is 0 Å². The minimum absolute atomic E-state index is 0.597. The molecule has 0 N–H and O–H groups in total. The highest BCUT2D eigenvalue weighted by molar-refractivity contribution is 6.17. The minimum atomic E-state index is 0.597. The fourth-order valence-corrected chi connectivity index (χ4v) is 7.05. The Bertz CT molecular complexity index is 2790. The number of rotatable bonds is 3. The third-order valence-electron chi connectivity index (χ3n) is 9.11. The maximum Gasteiger partial charge on any atom is 0.237 e. The van der Waals surface area contributed by atoms with Crippen LogP contribution in [0.2, 0.25) is 0 Å². The summed E-state index contributed by atoms with van der Waals surface area (Å²) >= 11 is 0. The highest BCUT2D eigenvalue weighted by Gasteiger charge is 2.24. The second-order valence-corrected chi connectivity index (χ2v) is 11.7. The van der Waals surface area contributed by atoms with Gasteiger partial charge >= 0.3 is 0 Å². The fourth-order valence-electron chi connectivity index (χ4n) is 7.05. The summed E-state index contributed by atoms with van der Waals surface area (Å²) in [5.74, 6) is 0.597. The zero-order valence-corrected chi connectivity index (χ0v) is 24.7. The molecule has 0 radical (unpaired) electrons. The van der Waals surface area contributed by atoms with E-state index in [-0.39, 0.29) is 0 Å². The van der Waals surface area contributed by atoms with Crippen LogP contribution in [-0.2, 0) is 0 Å². The number of hydrogen-bond donors (Lipinski definition) is 0. The highest BCUT2D eigenvalue weighted by Crippen LogP contribution is 2.39. The summed E-state index contributed by atoms with van der Waals surface area (Å²) in [5.41, 5.74) is 10.1. The normalized spacial score (nSPS) is 11.9. The molecule has 0 bridgehead atoms. The Morgan fingerprint density at radius 1 is 0.391 bits per heavy atom. The topological polar surface area (TPSA) is 48.0 Å². The second-order valence-electron chi connectivity index (χ2n) is 11.7. The first-order valence-corrected chi connectivity index (χ1v) is 15.5. The van der Waals surface area contributed by atoms with Crippen LogP contribution in [0.1, 0.15) is 0 Å². The second kappa shape index (κ2) is 9.58. The SMILES string of the molecule is c1ccc(-c2ccc3c(c2)n(-c2nc(-c4ccccc4)c4ccccc4n2)c2nc4c5ccccc5c5ccccc5n4c32)cc1. The standard InChI is InChI=1S/C41H25N5/c1-3-13-26(14-4-1)28-23-24-33-36(25-28)46(41-42-34-21-11-9-20-32(34)37(43-41)27-15-5-2-6-16-27)40-38(33)45-35-22-12-10-18-30(35)29-17-7-8-19-31(29)39(45)44-40/h1-25H. The van der Waals surface area contributed by atoms with E-state index in [0.29, 0.717) is 5.95 Å². The zero-order chi connectivity index (χ0) is 30.2. The van der Waals surface area contributed by atoms with E-state index in [1.807, 2.05) is 18.2 Å². The van der Waals surface area contributed by atoms with Gasteiger partial charge in [0.2, 0.25) is 5.95 Å². The summed E-state index contributed by atoms with van der Waals surface area (Å²) < 4.78 is 4.49. The monoisotopic (exact) mass is 587 g/mol. The Morgan fingerprint density at radius 3 is 1.85 bits per heavy atom. The molecule has 6 aromatic carbocycles. The molecular weight excluding hydrogens is 562 g/mol. The summed E-state index contributed by atoms with van der Waals surface area (Å²) in [6.45, 7) is 0. The van der Waals surface area contributed by atoms with Crippen molar-refractivity contribution in [1.29, 1.82) is 0 Å². The lowest BCUT2D eigenvalue weighted by Crippen LogP contribution is -2.04. The van der Waals surface area contributed by atoms with Gasteiger partial charge in [0.15, 0.2) is 5.65 Å². The number of pyridine rings is 1. The predicted octanol–water partition coefficient (Wildman–Crippen LogP) is 10.0. The molecule has 10 aromatic rings. The Hall–Kier alpha value is -6.33. The van der Waals surface area contributed by atoms with Gasteiger partial charge in [0.1, 0.15) is 11.2 Å². The van der Waals surface area contributed by atoms with Crippen molar-refractivity contribution in [3.05, 3.63) is 152 Å². The smallest absolute Gasteiger partial charge is 0.237 e. The molecule has 0 fully saturated rings. The van der Waals surface area contributed by atoms with Crippen molar-refractivity contribution < 1.29 is 0 Å². The molecule has 0 saturated carbocycles. The molecule has 214 valence electrons. The maximum absolute atomic E-state index is 5.44. The lowest BCUT2D eigenvalue weighted by Gasteiger charge is -2.11. The number of hydrogen-bond acceptors (Lipinski definition) is 3. The van der Waals surface area contributed by atoms with Crippen LogP contribution in [-0.4, -0.2) is 23.9 Å². The first-order valence-electron chi connectivity index (χ1n) is 15.5. The summed E-state index contributed by atoms with van der Waals surface area (Å²) in [6.07, 6.45) is 0. The van der Waals surface area contributed by atoms with Crippen LogP contribution in [0.5, 0.6) is 0 Å². The third kappa shape index (κ3) is 3.54. The van der Waals surface area contributed by atoms with Crippen molar-refractivity contribution >= 4 is 60.3 Å². The van der Waals surface area contributed by atoms with Gasteiger partial charge in [-0.1, -0.05) is 127 Å². The van der Waals surface area contributed by atoms with Gasteiger partial charge < -0.3 is 0 Å². The third-order valence-corrected chi connectivity index (χ3v) is 9.11. The molecular formula is C41H25N5. The number of para-hydroxylation sites is 2. The van der Waals surface area contributed by atoms with E-state index in [1.165, 1.54) is 10.8 Å². The Kier molecular flexibility index (Phi) is 5.22. The minimum Gasteiger partial charge on any atom is -0.289 e. The molecule has 0 spiro atoms. The van der Waals surface area contributed by atoms with Crippen molar-refractivity contribution in [2.45, 2.75) is 0 Å². The zero-order valence-electron chi connectivity index (χ0n) is 24.7. The molecule has 0 aliphatic rings. The number of imidazole rings is 1. The maximum atomic E-state index is 5.44. The number of nitrogens with zero attached hydrogens (tertiary/aromatic N) is 5. The van der Waals surface area contributed by atoms with Crippen molar-refractivity contribution in [3.63, 3.8) is 0 Å². The van der Waals surface area contributed by atoms with Crippen molar-refractivity contribution in [2.75, 3.05) is 0 Å². The van der Waals surface area contributed by atoms with Crippen LogP contribution in [0.3, 0.4) is 0 Å². The Balaban J connectivity index is 1.40. The highest BCUT2D eigenvalue weighted by atomic mass is 15.2. The average Bonchev–Trinajstić information content (AvgIpc) is 3.67. The van der Waals surface area contributed by atoms with Crippen LogP contribution in [0.4, 0.5) is 0 Å². The predicted molar refractivity (Wildman–Crippen MR) is 189 cm³/mol. The van der Waals surface area contributed by atoms with E-state index < -0.39 is 0 Å². The number of aromatic nitrogens is 5. The van der Waals surface area contributed by atoms with Crippen molar-refractivity contribution in [3.8, 4) is 28.3 Å². The van der Waals surface area contributed by atoms with E-state index in [0.717, 1.165) is 71.9 Å². The molecule has 5 nitrogen and oxygen atoms in total. The van der Waals surface area contributed by atoms with Gasteiger partial charge in [-0.25, -0.2) is 15.0 Å². The molecule has 0 atom stereocenters. The van der Waals surface area contributed by atoms with Gasteiger partial charge in [-0.05, 0) is 40.8 Å². The van der Waals surface area contributed by atoms with Crippen LogP contribution in [0, 0.1) is 0 Å². The lowest BCUT2D eigenvalue weighted by molar-refractivity contribution is 1.00. The summed E-state index contributed by atoms with van der Waals surface area (Å²) in [4.78, 5) is 16.0. The summed E-state index contributed by atoms with van der Waals surface area (Å²) in [7, 11) is 0. The van der Waals surface area contributed by atoms with Crippen molar-refractivity contribution in [1.82, 2.24) is 23.9 Å². The van der Waals surface area contributed by atoms with Gasteiger partial charge in [0, 0.05) is 27.1 Å². The average molecular weight is 588 g/mol. The number of fused-ring (bicyclic) bond motifs is 11. The molecule has 0 unspecified atom stereocenters. The Labute approximate surface area is 263 Å². The molecule has 0 aliphatic carbocycles. The molecule has 46 heavy (non-hydrogen) atoms. The molecule has 5 heteroatoms. The molecule has 10 rings (SSSR count). The van der Waals surface area contributed by atoms with E-state index in [1.54, 1.807) is 0 Å². The van der Waals surface area contributed by atoms with Crippen LogP contribution < -0.4 is 0 Å². The van der Waals surface area contributed by atoms with Crippen LogP contribution in [0.25, 0.3) is 88.6 Å². The first-order chi connectivity index (χ1) is 22.8. The number of benzene rings is 6. The molecule has 0 saturated heterocycles. The summed E-state index contributed by atoms with van der Waals surface area (Å²) in [6, 6.07) is 53.0. The molecule has 0 aliphatic heterocycles. The first kappa shape index (κ1) is 25.0. The Morgan fingerprint density at radius 2 is 1.04 bits per heavy atom. The van der Waals surface area contributed by atoms with E-state index in [4.69, 9.17) is 15.0 Å². The van der Waals surface area contributed by atoms with E-state index >= 15 is 0 Å². The molecule has 4 aromatic heterocycles. The fraction of sp³-hybridized carbons (Fsp3) is 0. The summed E-state index contributed by atoms with van der Waals surface area (Å²) in [5, 5.41) is 5.61. The van der Waals surface area contributed by atoms with E-state index in [2.05, 4.69) is 142 Å². The molecule has 4 heterocycles. The van der Waals surface area contributed by atoms with Gasteiger partial charge in [0.25, 0.3) is 0 Å². The lowest BCUT2D eigenvalue weighted by atomic mass is 10.0. The van der Waals surface area contributed by atoms with Gasteiger partial charge in [0.05, 0.1) is 22.2 Å². The van der Waals surface area contributed by atoms with Crippen LogP contribution in [0.15, 0.2) is 152 Å². The van der Waals surface area contributed by atoms with Gasteiger partial charge in [-0.2, -0.15) is 0 Å². The molecule has 0 amide bonds. The van der Waals surface area contributed by atoms with Crippen LogP contribution >= 0.6 is 0 Å². The van der Waals surface area contributed by atoms with E-state index in [9.17, 15) is 0 Å².